The molecule has 0 radical (unpaired) electrons. The SMILES string of the molecule is CCCC(NC(=O)c1ccc(-c2c(Cl)cccc2-c2nc3ccccc3[nH]2)c(C(=O)O)c1)C1CCCCC1. The summed E-state index contributed by atoms with van der Waals surface area (Å²) in [5, 5.41) is 13.8. The number of H-pyrrole nitrogens is 1. The first-order valence-electron chi connectivity index (χ1n) is 13.4. The zero-order valence-corrected chi connectivity index (χ0v) is 22.2. The number of imidazole rings is 1. The molecule has 0 aliphatic heterocycles. The number of carboxylic acid groups (broad SMARTS) is 1. The molecule has 1 aliphatic rings. The third-order valence-electron chi connectivity index (χ3n) is 7.57. The van der Waals surface area contributed by atoms with Crippen LogP contribution in [0.25, 0.3) is 33.5 Å². The van der Waals surface area contributed by atoms with Gasteiger partial charge in [-0.3, -0.25) is 4.79 Å². The molecule has 1 saturated carbocycles. The Hall–Kier alpha value is -3.64. The number of aromatic carboxylic acids is 1. The number of benzene rings is 3. The van der Waals surface area contributed by atoms with Crippen LogP contribution >= 0.6 is 11.6 Å². The number of nitrogens with zero attached hydrogens (tertiary/aromatic N) is 1. The minimum absolute atomic E-state index is 0.0211. The van der Waals surface area contributed by atoms with E-state index in [0.717, 1.165) is 36.7 Å². The first-order valence-corrected chi connectivity index (χ1v) is 13.8. The normalized spacial score (nSPS) is 14.9. The molecule has 5 rings (SSSR count). The van der Waals surface area contributed by atoms with Crippen LogP contribution in [0.15, 0.2) is 60.7 Å². The van der Waals surface area contributed by atoms with Crippen LogP contribution in [0.5, 0.6) is 0 Å². The summed E-state index contributed by atoms with van der Waals surface area (Å²) in [6, 6.07) is 18.0. The fourth-order valence-electron chi connectivity index (χ4n) is 5.68. The highest BCUT2D eigenvalue weighted by molar-refractivity contribution is 6.34. The molecular formula is C31H32ClN3O3. The van der Waals surface area contributed by atoms with Gasteiger partial charge in [0.2, 0.25) is 0 Å². The number of aromatic amines is 1. The van der Waals surface area contributed by atoms with Crippen LogP contribution in [0, 0.1) is 5.92 Å². The number of carboxylic acids is 1. The average molecular weight is 530 g/mol. The van der Waals surface area contributed by atoms with Crippen molar-refractivity contribution < 1.29 is 14.7 Å². The Morgan fingerprint density at radius 2 is 1.84 bits per heavy atom. The molecule has 1 fully saturated rings. The standard InChI is InChI=1S/C31H32ClN3O3/c1-2-9-25(19-10-4-3-5-11-19)35-30(36)20-16-17-21(23(18-20)31(37)38)28-22(12-8-13-24(28)32)29-33-26-14-6-7-15-27(26)34-29/h6-8,12-19,25H,2-5,9-11H2,1H3,(H,33,34)(H,35,36)(H,37,38). The van der Waals surface area contributed by atoms with E-state index in [4.69, 9.17) is 16.6 Å². The Bertz CT molecular complexity index is 1440. The summed E-state index contributed by atoms with van der Waals surface area (Å²) in [7, 11) is 0. The Morgan fingerprint density at radius 1 is 1.05 bits per heavy atom. The summed E-state index contributed by atoms with van der Waals surface area (Å²) in [5.41, 5.74) is 3.72. The summed E-state index contributed by atoms with van der Waals surface area (Å²) in [5.74, 6) is -0.292. The summed E-state index contributed by atoms with van der Waals surface area (Å²) >= 11 is 6.67. The van der Waals surface area contributed by atoms with Crippen molar-refractivity contribution in [2.75, 3.05) is 0 Å². The van der Waals surface area contributed by atoms with Crippen molar-refractivity contribution in [2.24, 2.45) is 5.92 Å². The van der Waals surface area contributed by atoms with Crippen LogP contribution in [-0.2, 0) is 0 Å². The van der Waals surface area contributed by atoms with Crippen LogP contribution in [0.3, 0.4) is 0 Å². The van der Waals surface area contributed by atoms with Crippen LogP contribution < -0.4 is 5.32 Å². The van der Waals surface area contributed by atoms with Crippen molar-refractivity contribution in [1.82, 2.24) is 15.3 Å². The fourth-order valence-corrected chi connectivity index (χ4v) is 5.96. The lowest BCUT2D eigenvalue weighted by Crippen LogP contribution is -2.41. The van der Waals surface area contributed by atoms with Gasteiger partial charge in [0.1, 0.15) is 5.82 Å². The lowest BCUT2D eigenvalue weighted by molar-refractivity contribution is 0.0697. The van der Waals surface area contributed by atoms with Gasteiger partial charge < -0.3 is 15.4 Å². The van der Waals surface area contributed by atoms with Crippen molar-refractivity contribution in [1.29, 1.82) is 0 Å². The van der Waals surface area contributed by atoms with E-state index in [1.165, 1.54) is 25.3 Å². The lowest BCUT2D eigenvalue weighted by atomic mass is 9.82. The number of hydrogen-bond donors (Lipinski definition) is 3. The van der Waals surface area contributed by atoms with Gasteiger partial charge in [-0.05, 0) is 61.1 Å². The highest BCUT2D eigenvalue weighted by Crippen LogP contribution is 2.39. The third kappa shape index (κ3) is 5.32. The van der Waals surface area contributed by atoms with E-state index in [1.807, 2.05) is 36.4 Å². The molecule has 6 nitrogen and oxygen atoms in total. The van der Waals surface area contributed by atoms with E-state index in [0.29, 0.717) is 39.0 Å². The minimum Gasteiger partial charge on any atom is -0.478 e. The second-order valence-corrected chi connectivity index (χ2v) is 10.5. The maximum absolute atomic E-state index is 13.3. The summed E-state index contributed by atoms with van der Waals surface area (Å²) < 4.78 is 0. The molecule has 38 heavy (non-hydrogen) atoms. The van der Waals surface area contributed by atoms with Gasteiger partial charge in [0.15, 0.2) is 0 Å². The number of fused-ring (bicyclic) bond motifs is 1. The van der Waals surface area contributed by atoms with Gasteiger partial charge in [0, 0.05) is 27.8 Å². The molecule has 1 heterocycles. The number of hydrogen-bond acceptors (Lipinski definition) is 3. The number of carbonyl (C=O) groups is 2. The van der Waals surface area contributed by atoms with Crippen molar-refractivity contribution in [3.05, 3.63) is 76.8 Å². The highest BCUT2D eigenvalue weighted by Gasteiger charge is 2.26. The molecule has 1 aliphatic carbocycles. The maximum Gasteiger partial charge on any atom is 0.336 e. The smallest absolute Gasteiger partial charge is 0.336 e. The minimum atomic E-state index is -1.12. The molecular weight excluding hydrogens is 498 g/mol. The van der Waals surface area contributed by atoms with Crippen LogP contribution in [0.1, 0.15) is 72.6 Å². The van der Waals surface area contributed by atoms with E-state index >= 15 is 0 Å². The van der Waals surface area contributed by atoms with Crippen molar-refractivity contribution >= 4 is 34.5 Å². The molecule has 3 N–H and O–H groups in total. The van der Waals surface area contributed by atoms with E-state index in [1.54, 1.807) is 18.2 Å². The number of halogens is 1. The molecule has 1 unspecified atom stereocenters. The van der Waals surface area contributed by atoms with Crippen molar-refractivity contribution in [3.63, 3.8) is 0 Å². The maximum atomic E-state index is 13.3. The van der Waals surface area contributed by atoms with Crippen molar-refractivity contribution in [3.8, 4) is 22.5 Å². The topological polar surface area (TPSA) is 95.1 Å². The Morgan fingerprint density at radius 3 is 2.58 bits per heavy atom. The van der Waals surface area contributed by atoms with Gasteiger partial charge >= 0.3 is 5.97 Å². The number of amides is 1. The van der Waals surface area contributed by atoms with Gasteiger partial charge in [0.25, 0.3) is 5.91 Å². The Kier molecular flexibility index (Phi) is 7.79. The molecule has 4 aromatic rings. The molecule has 7 heteroatoms. The zero-order chi connectivity index (χ0) is 26.6. The predicted octanol–water partition coefficient (Wildman–Crippen LogP) is 7.73. The van der Waals surface area contributed by atoms with Crippen molar-refractivity contribution in [2.45, 2.75) is 57.9 Å². The fraction of sp³-hybridized carbons (Fsp3) is 0.323. The number of para-hydroxylation sites is 2. The molecule has 0 spiro atoms. The van der Waals surface area contributed by atoms with E-state index in [-0.39, 0.29) is 17.5 Å². The molecule has 196 valence electrons. The predicted molar refractivity (Wildman–Crippen MR) is 152 cm³/mol. The molecule has 3 aromatic carbocycles. The lowest BCUT2D eigenvalue weighted by Gasteiger charge is -2.31. The second kappa shape index (κ2) is 11.4. The first-order chi connectivity index (χ1) is 18.5. The molecule has 0 bridgehead atoms. The van der Waals surface area contributed by atoms with E-state index in [9.17, 15) is 14.7 Å². The van der Waals surface area contributed by atoms with Gasteiger partial charge in [-0.15, -0.1) is 0 Å². The third-order valence-corrected chi connectivity index (χ3v) is 7.89. The quantitative estimate of drug-likeness (QED) is 0.217. The molecule has 1 amide bonds. The summed E-state index contributed by atoms with van der Waals surface area (Å²) in [4.78, 5) is 33.8. The number of nitrogens with one attached hydrogen (secondary N) is 2. The zero-order valence-electron chi connectivity index (χ0n) is 21.5. The average Bonchev–Trinajstić information content (AvgIpc) is 3.37. The Labute approximate surface area is 227 Å². The molecule has 1 atom stereocenters. The summed E-state index contributed by atoms with van der Waals surface area (Å²) in [6.45, 7) is 2.13. The summed E-state index contributed by atoms with van der Waals surface area (Å²) in [6.07, 6.45) is 7.81. The second-order valence-electron chi connectivity index (χ2n) is 10.1. The van der Waals surface area contributed by atoms with E-state index < -0.39 is 5.97 Å². The van der Waals surface area contributed by atoms with E-state index in [2.05, 4.69) is 17.2 Å². The van der Waals surface area contributed by atoms with Gasteiger partial charge in [0.05, 0.1) is 16.6 Å². The first kappa shape index (κ1) is 26.0. The van der Waals surface area contributed by atoms with Crippen LogP contribution in [0.4, 0.5) is 0 Å². The van der Waals surface area contributed by atoms with Gasteiger partial charge in [-0.1, -0.05) is 74.5 Å². The van der Waals surface area contributed by atoms with Gasteiger partial charge in [-0.2, -0.15) is 0 Å². The van der Waals surface area contributed by atoms with Crippen LogP contribution in [0.2, 0.25) is 5.02 Å². The molecule has 0 saturated heterocycles. The van der Waals surface area contributed by atoms with Gasteiger partial charge in [-0.25, -0.2) is 9.78 Å². The number of aromatic nitrogens is 2. The highest BCUT2D eigenvalue weighted by atomic mass is 35.5. The van der Waals surface area contributed by atoms with Crippen LogP contribution in [-0.4, -0.2) is 33.0 Å². The Balaban J connectivity index is 1.51. The monoisotopic (exact) mass is 529 g/mol. The largest absolute Gasteiger partial charge is 0.478 e. The number of rotatable bonds is 8. The number of carbonyl (C=O) groups excluding carboxylic acids is 1. The molecule has 1 aromatic heterocycles.